The lowest BCUT2D eigenvalue weighted by Crippen LogP contribution is -1.98. The topological polar surface area (TPSA) is 23.5 Å². The summed E-state index contributed by atoms with van der Waals surface area (Å²) < 4.78 is 6.99. The van der Waals surface area contributed by atoms with Gasteiger partial charge in [0, 0.05) is 38.3 Å². The predicted octanol–water partition coefficient (Wildman–Crippen LogP) is 13.7. The van der Waals surface area contributed by atoms with Crippen molar-refractivity contribution in [1.29, 1.82) is 0 Å². The van der Waals surface area contributed by atoms with E-state index in [0.717, 1.165) is 61.0 Å². The molecule has 0 bridgehead atoms. The van der Waals surface area contributed by atoms with Gasteiger partial charge >= 0.3 is 0 Å². The minimum atomic E-state index is 0.584. The van der Waals surface area contributed by atoms with Crippen LogP contribution in [0.2, 0.25) is 0 Å². The van der Waals surface area contributed by atoms with Crippen molar-refractivity contribution < 1.29 is 0 Å². The Hall–Kier alpha value is -7.86. The lowest BCUT2D eigenvalue weighted by Gasteiger charge is -2.16. The van der Waals surface area contributed by atoms with E-state index < -0.39 is 0 Å². The van der Waals surface area contributed by atoms with Gasteiger partial charge in [-0.3, -0.25) is 0 Å². The highest BCUT2D eigenvalue weighted by molar-refractivity contribution is 6.13. The van der Waals surface area contributed by atoms with Gasteiger partial charge in [0.15, 0.2) is 11.4 Å². The summed E-state index contributed by atoms with van der Waals surface area (Å²) in [6.45, 7) is 15.5. The fourth-order valence-corrected chi connectivity index (χ4v) is 8.68. The molecule has 8 aromatic carbocycles. The average Bonchev–Trinajstić information content (AvgIpc) is 3.89. The number of para-hydroxylation sites is 4. The Morgan fingerprint density at radius 2 is 0.745 bits per heavy atom. The molecular formula is C50H29N5. The van der Waals surface area contributed by atoms with E-state index in [2.05, 4.69) is 151 Å². The van der Waals surface area contributed by atoms with Crippen LogP contribution in [-0.4, -0.2) is 13.7 Å². The number of fused-ring (bicyclic) bond motifs is 9. The molecule has 5 heteroatoms. The van der Waals surface area contributed by atoms with E-state index in [1.165, 1.54) is 32.6 Å². The molecule has 0 N–H and O–H groups in total. The van der Waals surface area contributed by atoms with Crippen LogP contribution < -0.4 is 0 Å². The summed E-state index contributed by atoms with van der Waals surface area (Å²) in [6.07, 6.45) is 0. The molecule has 3 heterocycles. The lowest BCUT2D eigenvalue weighted by molar-refractivity contribution is 1.16. The van der Waals surface area contributed by atoms with Crippen LogP contribution in [-0.2, 0) is 0 Å². The van der Waals surface area contributed by atoms with Crippen molar-refractivity contribution in [2.45, 2.75) is 0 Å². The van der Waals surface area contributed by atoms with E-state index in [-0.39, 0.29) is 0 Å². The number of rotatable bonds is 4. The molecule has 0 aliphatic heterocycles. The SMILES string of the molecule is [C-]#[N+]c1ccc(-n2c3ccccc3c3cc([N+]#[C-])ccc32)c(-c2ccc(-n3c4ccccc4c4cc(-n5c6ccccc6c6ccccc65)ccc43)cc2)c1. The molecule has 0 spiro atoms. The molecule has 0 aliphatic rings. The van der Waals surface area contributed by atoms with E-state index in [1.54, 1.807) is 0 Å². The first-order chi connectivity index (χ1) is 27.2. The molecule has 0 atom stereocenters. The highest BCUT2D eigenvalue weighted by atomic mass is 15.0. The third kappa shape index (κ3) is 4.51. The normalized spacial score (nSPS) is 11.6. The third-order valence-corrected chi connectivity index (χ3v) is 11.1. The van der Waals surface area contributed by atoms with Crippen LogP contribution in [0.15, 0.2) is 176 Å². The van der Waals surface area contributed by atoms with E-state index in [4.69, 9.17) is 13.1 Å². The van der Waals surface area contributed by atoms with Gasteiger partial charge in [-0.1, -0.05) is 97.1 Å². The fourth-order valence-electron chi connectivity index (χ4n) is 8.68. The molecule has 0 radical (unpaired) electrons. The van der Waals surface area contributed by atoms with Crippen LogP contribution >= 0.6 is 0 Å². The van der Waals surface area contributed by atoms with Crippen LogP contribution in [0.25, 0.3) is 103 Å². The predicted molar refractivity (Wildman–Crippen MR) is 227 cm³/mol. The average molecular weight is 700 g/mol. The molecule has 0 saturated heterocycles. The summed E-state index contributed by atoms with van der Waals surface area (Å²) in [5.41, 5.74) is 13.1. The number of nitrogens with zero attached hydrogens (tertiary/aromatic N) is 5. The Bertz CT molecular complexity index is 3400. The molecule has 11 rings (SSSR count). The zero-order valence-corrected chi connectivity index (χ0v) is 29.5. The van der Waals surface area contributed by atoms with Gasteiger partial charge in [0.1, 0.15) is 0 Å². The molecule has 254 valence electrons. The third-order valence-electron chi connectivity index (χ3n) is 11.1. The molecule has 0 amide bonds. The molecule has 11 aromatic rings. The zero-order valence-electron chi connectivity index (χ0n) is 29.5. The zero-order chi connectivity index (χ0) is 36.6. The van der Waals surface area contributed by atoms with Gasteiger partial charge in [0.25, 0.3) is 0 Å². The van der Waals surface area contributed by atoms with Crippen molar-refractivity contribution in [3.8, 4) is 28.2 Å². The molecule has 0 fully saturated rings. The maximum absolute atomic E-state index is 7.86. The summed E-state index contributed by atoms with van der Waals surface area (Å²) in [6, 6.07) is 61.6. The van der Waals surface area contributed by atoms with Crippen molar-refractivity contribution in [3.05, 3.63) is 199 Å². The highest BCUT2D eigenvalue weighted by Gasteiger charge is 2.19. The van der Waals surface area contributed by atoms with Gasteiger partial charge in [0.05, 0.1) is 51.9 Å². The minimum absolute atomic E-state index is 0.584. The molecule has 5 nitrogen and oxygen atoms in total. The van der Waals surface area contributed by atoms with Crippen molar-refractivity contribution in [3.63, 3.8) is 0 Å². The maximum atomic E-state index is 7.86. The largest absolute Gasteiger partial charge is 0.309 e. The second-order valence-electron chi connectivity index (χ2n) is 13.9. The number of benzene rings is 8. The summed E-state index contributed by atoms with van der Waals surface area (Å²) >= 11 is 0. The van der Waals surface area contributed by atoms with Crippen molar-refractivity contribution in [2.75, 3.05) is 0 Å². The minimum Gasteiger partial charge on any atom is -0.309 e. The van der Waals surface area contributed by atoms with E-state index in [0.29, 0.717) is 11.4 Å². The van der Waals surface area contributed by atoms with Crippen LogP contribution in [0.1, 0.15) is 0 Å². The number of hydrogen-bond donors (Lipinski definition) is 0. The molecular weight excluding hydrogens is 671 g/mol. The molecule has 3 aromatic heterocycles. The second kappa shape index (κ2) is 11.8. The lowest BCUT2D eigenvalue weighted by atomic mass is 10.0. The highest BCUT2D eigenvalue weighted by Crippen LogP contribution is 2.41. The molecule has 0 aliphatic carbocycles. The quantitative estimate of drug-likeness (QED) is 0.163. The second-order valence-corrected chi connectivity index (χ2v) is 13.9. The summed E-state index contributed by atoms with van der Waals surface area (Å²) in [5, 5.41) is 7.01. The van der Waals surface area contributed by atoms with E-state index >= 15 is 0 Å². The van der Waals surface area contributed by atoms with Crippen LogP contribution in [0, 0.1) is 13.1 Å². The number of aromatic nitrogens is 3. The van der Waals surface area contributed by atoms with E-state index in [1.807, 2.05) is 48.5 Å². The smallest absolute Gasteiger partial charge is 0.188 e. The van der Waals surface area contributed by atoms with Gasteiger partial charge in [-0.2, -0.15) is 0 Å². The fraction of sp³-hybridized carbons (Fsp3) is 0. The Balaban J connectivity index is 1.08. The maximum Gasteiger partial charge on any atom is 0.188 e. The first-order valence-corrected chi connectivity index (χ1v) is 18.3. The van der Waals surface area contributed by atoms with Crippen molar-refractivity contribution >= 4 is 76.8 Å². The van der Waals surface area contributed by atoms with Gasteiger partial charge in [-0.25, -0.2) is 9.69 Å². The Labute approximate surface area is 316 Å². The Morgan fingerprint density at radius 1 is 0.327 bits per heavy atom. The summed E-state index contributed by atoms with van der Waals surface area (Å²) in [5.74, 6) is 0. The first-order valence-electron chi connectivity index (χ1n) is 18.3. The van der Waals surface area contributed by atoms with Crippen molar-refractivity contribution in [1.82, 2.24) is 13.7 Å². The Morgan fingerprint density at radius 3 is 1.35 bits per heavy atom. The first kappa shape index (κ1) is 30.7. The summed E-state index contributed by atoms with van der Waals surface area (Å²) in [7, 11) is 0. The van der Waals surface area contributed by atoms with Gasteiger partial charge < -0.3 is 13.7 Å². The van der Waals surface area contributed by atoms with Crippen molar-refractivity contribution in [2.24, 2.45) is 0 Å². The van der Waals surface area contributed by atoms with Gasteiger partial charge in [-0.05, 0) is 95.4 Å². The number of hydrogen-bond acceptors (Lipinski definition) is 0. The van der Waals surface area contributed by atoms with Crippen LogP contribution in [0.4, 0.5) is 11.4 Å². The van der Waals surface area contributed by atoms with Gasteiger partial charge in [-0.15, -0.1) is 0 Å². The van der Waals surface area contributed by atoms with E-state index in [9.17, 15) is 0 Å². The Kier molecular flexibility index (Phi) is 6.61. The molecule has 0 saturated carbocycles. The van der Waals surface area contributed by atoms with Gasteiger partial charge in [0.2, 0.25) is 0 Å². The molecule has 55 heavy (non-hydrogen) atoms. The van der Waals surface area contributed by atoms with Crippen LogP contribution in [0.3, 0.4) is 0 Å². The van der Waals surface area contributed by atoms with Crippen LogP contribution in [0.5, 0.6) is 0 Å². The molecule has 0 unspecified atom stereocenters. The standard InChI is InChI=1S/C50H29N5/c1-51-33-21-26-48(55-47-18-10-6-13-39(47)42-30-34(52-2)22-27-50(42)55)41(29-33)32-19-23-35(24-20-32)53-46-17-9-5-14-40(46)43-31-36(25-28-49(43)53)54-44-15-7-3-11-37(44)38-12-4-8-16-45(38)54/h3-31H. The monoisotopic (exact) mass is 699 g/mol. The summed E-state index contributed by atoms with van der Waals surface area (Å²) in [4.78, 5) is 7.52.